The van der Waals surface area contributed by atoms with Crippen LogP contribution in [0.2, 0.25) is 0 Å². The Morgan fingerprint density at radius 1 is 1.33 bits per heavy atom. The lowest BCUT2D eigenvalue weighted by atomic mass is 10.1. The standard InChI is InChI=1S/C8H15IN2O/c9-10-8(12)4-7-11-5-2-1-3-6-11/h1-7H2,(H,10,12). The number of halogens is 1. The molecule has 1 saturated heterocycles. The second-order valence-electron chi connectivity index (χ2n) is 3.17. The molecule has 0 aromatic heterocycles. The van der Waals surface area contributed by atoms with Crippen molar-refractivity contribution in [3.05, 3.63) is 0 Å². The van der Waals surface area contributed by atoms with E-state index in [2.05, 4.69) is 8.43 Å². The summed E-state index contributed by atoms with van der Waals surface area (Å²) >= 11 is 1.89. The Balaban J connectivity index is 2.09. The summed E-state index contributed by atoms with van der Waals surface area (Å²) in [5, 5.41) is 0. The molecule has 0 saturated carbocycles. The van der Waals surface area contributed by atoms with Crippen molar-refractivity contribution in [2.24, 2.45) is 0 Å². The van der Waals surface area contributed by atoms with E-state index in [4.69, 9.17) is 0 Å². The van der Waals surface area contributed by atoms with Crippen molar-refractivity contribution in [1.29, 1.82) is 0 Å². The molecular weight excluding hydrogens is 267 g/mol. The van der Waals surface area contributed by atoms with E-state index >= 15 is 0 Å². The van der Waals surface area contributed by atoms with Gasteiger partial charge in [-0.1, -0.05) is 6.42 Å². The predicted molar refractivity (Wildman–Crippen MR) is 57.1 cm³/mol. The van der Waals surface area contributed by atoms with Crippen LogP contribution in [-0.2, 0) is 4.79 Å². The minimum absolute atomic E-state index is 0.140. The van der Waals surface area contributed by atoms with Crippen molar-refractivity contribution in [3.8, 4) is 0 Å². The number of nitrogens with one attached hydrogen (secondary N) is 1. The zero-order valence-electron chi connectivity index (χ0n) is 7.18. The molecule has 1 heterocycles. The number of nitrogens with zero attached hydrogens (tertiary/aromatic N) is 1. The number of hydrogen-bond donors (Lipinski definition) is 1. The summed E-state index contributed by atoms with van der Waals surface area (Å²) in [7, 11) is 0. The van der Waals surface area contributed by atoms with Gasteiger partial charge in [-0.15, -0.1) is 0 Å². The minimum Gasteiger partial charge on any atom is -0.303 e. The zero-order chi connectivity index (χ0) is 8.81. The lowest BCUT2D eigenvalue weighted by Crippen LogP contribution is -2.32. The average Bonchev–Trinajstić information content (AvgIpc) is 2.16. The third-order valence-corrected chi connectivity index (χ3v) is 2.81. The number of hydrogen-bond acceptors (Lipinski definition) is 2. The second-order valence-corrected chi connectivity index (χ2v) is 3.71. The average molecular weight is 282 g/mol. The number of piperidine rings is 1. The monoisotopic (exact) mass is 282 g/mol. The van der Waals surface area contributed by atoms with E-state index in [1.54, 1.807) is 0 Å². The smallest absolute Gasteiger partial charge is 0.229 e. The molecule has 1 aliphatic rings. The molecule has 12 heavy (non-hydrogen) atoms. The highest BCUT2D eigenvalue weighted by molar-refractivity contribution is 14.1. The van der Waals surface area contributed by atoms with Gasteiger partial charge in [0.1, 0.15) is 0 Å². The fourth-order valence-corrected chi connectivity index (χ4v) is 1.76. The van der Waals surface area contributed by atoms with Crippen molar-refractivity contribution in [1.82, 2.24) is 8.43 Å². The summed E-state index contributed by atoms with van der Waals surface area (Å²) in [4.78, 5) is 13.3. The maximum Gasteiger partial charge on any atom is 0.229 e. The molecule has 3 nitrogen and oxygen atoms in total. The van der Waals surface area contributed by atoms with E-state index in [1.165, 1.54) is 32.4 Å². The predicted octanol–water partition coefficient (Wildman–Crippen LogP) is 1.33. The Hall–Kier alpha value is 0.160. The molecule has 1 N–H and O–H groups in total. The van der Waals surface area contributed by atoms with Crippen molar-refractivity contribution in [3.63, 3.8) is 0 Å². The summed E-state index contributed by atoms with van der Waals surface area (Å²) in [6, 6.07) is 0. The first-order chi connectivity index (χ1) is 5.83. The summed E-state index contributed by atoms with van der Waals surface area (Å²) in [6.07, 6.45) is 4.59. The first-order valence-corrected chi connectivity index (χ1v) is 5.52. The number of rotatable bonds is 3. The molecule has 0 spiro atoms. The van der Waals surface area contributed by atoms with E-state index in [9.17, 15) is 4.79 Å². The highest BCUT2D eigenvalue weighted by Gasteiger charge is 2.10. The molecule has 1 amide bonds. The number of likely N-dealkylation sites (tertiary alicyclic amines) is 1. The molecule has 1 fully saturated rings. The van der Waals surface area contributed by atoms with E-state index in [1.807, 2.05) is 22.9 Å². The molecule has 0 unspecified atom stereocenters. The number of carbonyl (C=O) groups excluding carboxylic acids is 1. The van der Waals surface area contributed by atoms with Crippen molar-refractivity contribution in [2.45, 2.75) is 25.7 Å². The van der Waals surface area contributed by atoms with Gasteiger partial charge >= 0.3 is 0 Å². The molecule has 0 aliphatic carbocycles. The maximum atomic E-state index is 10.9. The molecule has 0 atom stereocenters. The largest absolute Gasteiger partial charge is 0.303 e. The third-order valence-electron chi connectivity index (χ3n) is 2.21. The van der Waals surface area contributed by atoms with Gasteiger partial charge in [-0.05, 0) is 25.9 Å². The topological polar surface area (TPSA) is 32.3 Å². The fourth-order valence-electron chi connectivity index (χ4n) is 1.49. The molecule has 1 rings (SSSR count). The third kappa shape index (κ3) is 3.71. The van der Waals surface area contributed by atoms with Gasteiger partial charge in [0.05, 0.1) is 22.9 Å². The Morgan fingerprint density at radius 3 is 2.58 bits per heavy atom. The SMILES string of the molecule is O=C(CCN1CCCCC1)NI. The van der Waals surface area contributed by atoms with Gasteiger partial charge in [-0.3, -0.25) is 8.32 Å². The summed E-state index contributed by atoms with van der Waals surface area (Å²) in [6.45, 7) is 3.28. The quantitative estimate of drug-likeness (QED) is 0.625. The molecule has 0 bridgehead atoms. The highest BCUT2D eigenvalue weighted by atomic mass is 127. The van der Waals surface area contributed by atoms with Crippen LogP contribution >= 0.6 is 22.9 Å². The van der Waals surface area contributed by atoms with Gasteiger partial charge in [0, 0.05) is 13.0 Å². The van der Waals surface area contributed by atoms with Crippen LogP contribution in [0.1, 0.15) is 25.7 Å². The van der Waals surface area contributed by atoms with Gasteiger partial charge in [0.2, 0.25) is 5.91 Å². The Labute approximate surface area is 87.4 Å². The Kier molecular flexibility index (Phi) is 4.90. The number of amides is 1. The van der Waals surface area contributed by atoms with Crippen LogP contribution in [0.3, 0.4) is 0 Å². The lowest BCUT2D eigenvalue weighted by Gasteiger charge is -2.25. The zero-order valence-corrected chi connectivity index (χ0v) is 9.34. The number of carbonyl (C=O) groups is 1. The second kappa shape index (κ2) is 5.75. The van der Waals surface area contributed by atoms with Gasteiger partial charge in [0.25, 0.3) is 0 Å². The van der Waals surface area contributed by atoms with Crippen LogP contribution in [0.5, 0.6) is 0 Å². The molecule has 0 aromatic carbocycles. The summed E-state index contributed by atoms with van der Waals surface area (Å²) < 4.78 is 2.61. The van der Waals surface area contributed by atoms with Crippen LogP contribution in [0.4, 0.5) is 0 Å². The van der Waals surface area contributed by atoms with Gasteiger partial charge in [-0.25, -0.2) is 0 Å². The fraction of sp³-hybridized carbons (Fsp3) is 0.875. The van der Waals surface area contributed by atoms with Crippen LogP contribution in [0.15, 0.2) is 0 Å². The van der Waals surface area contributed by atoms with Gasteiger partial charge in [0.15, 0.2) is 0 Å². The molecular formula is C8H15IN2O. The van der Waals surface area contributed by atoms with E-state index in [0.717, 1.165) is 6.54 Å². The van der Waals surface area contributed by atoms with Crippen LogP contribution in [0, 0.1) is 0 Å². The molecule has 4 heteroatoms. The van der Waals surface area contributed by atoms with E-state index in [0.29, 0.717) is 6.42 Å². The van der Waals surface area contributed by atoms with Crippen LogP contribution in [-0.4, -0.2) is 30.4 Å². The molecule has 70 valence electrons. The minimum atomic E-state index is 0.140. The van der Waals surface area contributed by atoms with Gasteiger partial charge in [-0.2, -0.15) is 0 Å². The summed E-state index contributed by atoms with van der Waals surface area (Å²) in [5.74, 6) is 0.140. The molecule has 1 aliphatic heterocycles. The normalized spacial score (nSPS) is 19.1. The van der Waals surface area contributed by atoms with Crippen molar-refractivity contribution < 1.29 is 4.79 Å². The van der Waals surface area contributed by atoms with Crippen LogP contribution < -0.4 is 3.53 Å². The maximum absolute atomic E-state index is 10.9. The van der Waals surface area contributed by atoms with Gasteiger partial charge < -0.3 is 4.90 Å². The first kappa shape index (κ1) is 10.2. The Bertz CT molecular complexity index is 146. The van der Waals surface area contributed by atoms with Crippen molar-refractivity contribution in [2.75, 3.05) is 19.6 Å². The molecule has 0 radical (unpaired) electrons. The highest BCUT2D eigenvalue weighted by Crippen LogP contribution is 2.08. The molecule has 0 aromatic rings. The Morgan fingerprint density at radius 2 is 2.00 bits per heavy atom. The first-order valence-electron chi connectivity index (χ1n) is 4.45. The summed E-state index contributed by atoms with van der Waals surface area (Å²) in [5.41, 5.74) is 0. The van der Waals surface area contributed by atoms with E-state index < -0.39 is 0 Å². The van der Waals surface area contributed by atoms with E-state index in [-0.39, 0.29) is 5.91 Å². The van der Waals surface area contributed by atoms with Crippen LogP contribution in [0.25, 0.3) is 0 Å². The van der Waals surface area contributed by atoms with Crippen molar-refractivity contribution >= 4 is 28.8 Å². The lowest BCUT2D eigenvalue weighted by molar-refractivity contribution is -0.119.